The molecule has 16 heavy (non-hydrogen) atoms. The molecular formula is C13H18N2O. The molecule has 1 aromatic rings. The molecule has 0 spiro atoms. The van der Waals surface area contributed by atoms with Crippen molar-refractivity contribution in [3.05, 3.63) is 23.3 Å². The summed E-state index contributed by atoms with van der Waals surface area (Å²) < 4.78 is 5.81. The van der Waals surface area contributed by atoms with E-state index in [1.165, 1.54) is 17.5 Å². The Morgan fingerprint density at radius 1 is 1.44 bits per heavy atom. The van der Waals surface area contributed by atoms with Gasteiger partial charge in [0.05, 0.1) is 6.61 Å². The molecule has 0 amide bonds. The number of likely N-dealkylation sites (N-methyl/N-ethyl adjacent to an activating group) is 1. The molecule has 2 aliphatic rings. The number of rotatable bonds is 0. The van der Waals surface area contributed by atoms with Gasteiger partial charge in [-0.1, -0.05) is 0 Å². The van der Waals surface area contributed by atoms with E-state index in [-0.39, 0.29) is 0 Å². The molecule has 0 fully saturated rings. The summed E-state index contributed by atoms with van der Waals surface area (Å²) in [5.41, 5.74) is 9.53. The van der Waals surface area contributed by atoms with Crippen LogP contribution in [-0.2, 0) is 6.54 Å². The molecule has 1 unspecified atom stereocenters. The summed E-state index contributed by atoms with van der Waals surface area (Å²) in [5, 5.41) is 0. The average Bonchev–Trinajstić information content (AvgIpc) is 2.40. The Kier molecular flexibility index (Phi) is 2.28. The molecule has 0 aliphatic carbocycles. The molecule has 0 aromatic heterocycles. The third-order valence-corrected chi connectivity index (χ3v) is 3.59. The molecule has 0 bridgehead atoms. The summed E-state index contributed by atoms with van der Waals surface area (Å²) in [6, 6.07) is 4.10. The van der Waals surface area contributed by atoms with Crippen LogP contribution in [0.4, 0.5) is 5.69 Å². The summed E-state index contributed by atoms with van der Waals surface area (Å²) in [6.07, 6.45) is 2.38. The van der Waals surface area contributed by atoms with Gasteiger partial charge < -0.3 is 15.4 Å². The highest BCUT2D eigenvalue weighted by Crippen LogP contribution is 2.40. The lowest BCUT2D eigenvalue weighted by Crippen LogP contribution is -2.30. The number of nitrogen functional groups attached to an aromatic ring is 1. The zero-order valence-corrected chi connectivity index (χ0v) is 9.70. The topological polar surface area (TPSA) is 38.5 Å². The Hall–Kier alpha value is -1.22. The summed E-state index contributed by atoms with van der Waals surface area (Å²) >= 11 is 0. The lowest BCUT2D eigenvalue weighted by molar-refractivity contribution is 0.275. The minimum absolute atomic E-state index is 0.631. The van der Waals surface area contributed by atoms with Gasteiger partial charge in [-0.15, -0.1) is 0 Å². The van der Waals surface area contributed by atoms with E-state index in [0.717, 1.165) is 37.6 Å². The van der Waals surface area contributed by atoms with Gasteiger partial charge >= 0.3 is 0 Å². The summed E-state index contributed by atoms with van der Waals surface area (Å²) in [4.78, 5) is 2.38. The van der Waals surface area contributed by atoms with E-state index in [9.17, 15) is 0 Å². The van der Waals surface area contributed by atoms with E-state index < -0.39 is 0 Å². The number of benzene rings is 1. The fraction of sp³-hybridized carbons (Fsp3) is 0.538. The van der Waals surface area contributed by atoms with Crippen LogP contribution >= 0.6 is 0 Å². The van der Waals surface area contributed by atoms with E-state index >= 15 is 0 Å². The van der Waals surface area contributed by atoms with Crippen molar-refractivity contribution in [1.29, 1.82) is 0 Å². The molecule has 3 rings (SSSR count). The number of ether oxygens (including phenoxy) is 1. The van der Waals surface area contributed by atoms with Crippen LogP contribution in [0, 0.1) is 0 Å². The van der Waals surface area contributed by atoms with Crippen molar-refractivity contribution < 1.29 is 4.74 Å². The molecule has 0 saturated heterocycles. The van der Waals surface area contributed by atoms with Gasteiger partial charge in [0.2, 0.25) is 0 Å². The van der Waals surface area contributed by atoms with Gasteiger partial charge in [-0.05, 0) is 31.5 Å². The fourth-order valence-corrected chi connectivity index (χ4v) is 2.99. The average molecular weight is 218 g/mol. The highest BCUT2D eigenvalue weighted by molar-refractivity contribution is 5.55. The molecule has 2 aliphatic heterocycles. The SMILES string of the molecule is CN1Cc2cc(N)cc3c2C(CCCO3)C1. The first kappa shape index (κ1) is 9.97. The van der Waals surface area contributed by atoms with Crippen molar-refractivity contribution in [2.45, 2.75) is 25.3 Å². The van der Waals surface area contributed by atoms with Gasteiger partial charge in [-0.25, -0.2) is 0 Å². The van der Waals surface area contributed by atoms with E-state index in [1.54, 1.807) is 0 Å². The zero-order valence-electron chi connectivity index (χ0n) is 9.70. The van der Waals surface area contributed by atoms with Crippen LogP contribution in [0.2, 0.25) is 0 Å². The summed E-state index contributed by atoms with van der Waals surface area (Å²) in [6.45, 7) is 2.97. The van der Waals surface area contributed by atoms with Gasteiger partial charge in [0, 0.05) is 36.3 Å². The third kappa shape index (κ3) is 1.55. The summed E-state index contributed by atoms with van der Waals surface area (Å²) in [5.74, 6) is 1.66. The minimum Gasteiger partial charge on any atom is -0.493 e. The quantitative estimate of drug-likeness (QED) is 0.677. The number of hydrogen-bond donors (Lipinski definition) is 1. The van der Waals surface area contributed by atoms with Crippen LogP contribution in [0.25, 0.3) is 0 Å². The van der Waals surface area contributed by atoms with Crippen molar-refractivity contribution in [3.63, 3.8) is 0 Å². The predicted octanol–water partition coefficient (Wildman–Crippen LogP) is 1.97. The van der Waals surface area contributed by atoms with E-state index in [2.05, 4.69) is 18.0 Å². The smallest absolute Gasteiger partial charge is 0.125 e. The molecule has 86 valence electrons. The normalized spacial score (nSPS) is 24.4. The first-order valence-electron chi connectivity index (χ1n) is 5.97. The monoisotopic (exact) mass is 218 g/mol. The number of hydrogen-bond acceptors (Lipinski definition) is 3. The van der Waals surface area contributed by atoms with Crippen LogP contribution in [0.15, 0.2) is 12.1 Å². The van der Waals surface area contributed by atoms with Crippen molar-refractivity contribution in [2.24, 2.45) is 0 Å². The van der Waals surface area contributed by atoms with E-state index in [1.807, 2.05) is 6.07 Å². The van der Waals surface area contributed by atoms with Crippen molar-refractivity contribution in [3.8, 4) is 5.75 Å². The molecule has 1 atom stereocenters. The van der Waals surface area contributed by atoms with Crippen molar-refractivity contribution >= 4 is 5.69 Å². The second kappa shape index (κ2) is 3.67. The highest BCUT2D eigenvalue weighted by Gasteiger charge is 2.28. The molecule has 2 heterocycles. The van der Waals surface area contributed by atoms with Gasteiger partial charge in [-0.2, -0.15) is 0 Å². The number of anilines is 1. The maximum Gasteiger partial charge on any atom is 0.125 e. The highest BCUT2D eigenvalue weighted by atomic mass is 16.5. The van der Waals surface area contributed by atoms with Gasteiger partial charge in [0.1, 0.15) is 5.75 Å². The minimum atomic E-state index is 0.631. The first-order valence-corrected chi connectivity index (χ1v) is 5.97. The Bertz CT molecular complexity index is 417. The molecule has 0 radical (unpaired) electrons. The maximum atomic E-state index is 5.93. The Morgan fingerprint density at radius 2 is 2.31 bits per heavy atom. The summed E-state index contributed by atoms with van der Waals surface area (Å²) in [7, 11) is 2.18. The fourth-order valence-electron chi connectivity index (χ4n) is 2.99. The molecule has 1 aromatic carbocycles. The van der Waals surface area contributed by atoms with Crippen LogP contribution < -0.4 is 10.5 Å². The Morgan fingerprint density at radius 3 is 3.19 bits per heavy atom. The largest absolute Gasteiger partial charge is 0.493 e. The lowest BCUT2D eigenvalue weighted by atomic mass is 9.86. The van der Waals surface area contributed by atoms with Gasteiger partial charge in [0.25, 0.3) is 0 Å². The number of nitrogens with zero attached hydrogens (tertiary/aromatic N) is 1. The molecule has 3 heteroatoms. The molecule has 2 N–H and O–H groups in total. The Labute approximate surface area is 96.2 Å². The Balaban J connectivity index is 2.14. The van der Waals surface area contributed by atoms with Gasteiger partial charge in [-0.3, -0.25) is 0 Å². The molecular weight excluding hydrogens is 200 g/mol. The predicted molar refractivity (Wildman–Crippen MR) is 64.7 cm³/mol. The zero-order chi connectivity index (χ0) is 11.1. The molecule has 3 nitrogen and oxygen atoms in total. The van der Waals surface area contributed by atoms with Crippen LogP contribution in [0.5, 0.6) is 5.75 Å². The third-order valence-electron chi connectivity index (χ3n) is 3.59. The first-order chi connectivity index (χ1) is 7.74. The van der Waals surface area contributed by atoms with Gasteiger partial charge in [0.15, 0.2) is 0 Å². The second-order valence-corrected chi connectivity index (χ2v) is 4.98. The van der Waals surface area contributed by atoms with Crippen LogP contribution in [-0.4, -0.2) is 25.1 Å². The van der Waals surface area contributed by atoms with E-state index in [4.69, 9.17) is 10.5 Å². The maximum absolute atomic E-state index is 5.93. The lowest BCUT2D eigenvalue weighted by Gasteiger charge is -2.32. The van der Waals surface area contributed by atoms with Crippen molar-refractivity contribution in [2.75, 3.05) is 25.9 Å². The van der Waals surface area contributed by atoms with Crippen LogP contribution in [0.1, 0.15) is 29.9 Å². The second-order valence-electron chi connectivity index (χ2n) is 4.98. The standard InChI is InChI=1S/C13H18N2O/c1-15-7-9-3-2-4-16-12-6-11(14)5-10(8-15)13(9)12/h5-6,9H,2-4,7-8,14H2,1H3. The molecule has 0 saturated carbocycles. The van der Waals surface area contributed by atoms with E-state index in [0.29, 0.717) is 5.92 Å². The van der Waals surface area contributed by atoms with Crippen molar-refractivity contribution in [1.82, 2.24) is 4.90 Å². The number of nitrogens with two attached hydrogens (primary N) is 1. The van der Waals surface area contributed by atoms with Crippen LogP contribution in [0.3, 0.4) is 0 Å².